The van der Waals surface area contributed by atoms with Crippen LogP contribution in [-0.4, -0.2) is 97.6 Å². The van der Waals surface area contributed by atoms with E-state index < -0.39 is 23.8 Å². The van der Waals surface area contributed by atoms with Crippen LogP contribution in [0, 0.1) is 0 Å². The van der Waals surface area contributed by atoms with E-state index in [1.165, 1.54) is 12.7 Å². The van der Waals surface area contributed by atoms with Crippen molar-refractivity contribution in [1.29, 1.82) is 0 Å². The van der Waals surface area contributed by atoms with Crippen LogP contribution in [0.3, 0.4) is 0 Å². The number of alkyl halides is 3. The lowest BCUT2D eigenvalue weighted by molar-refractivity contribution is -0.192. The monoisotopic (exact) mass is 606 g/mol. The topological polar surface area (TPSA) is 133 Å². The van der Waals surface area contributed by atoms with Crippen LogP contribution in [0.5, 0.6) is 11.5 Å². The number of likely N-dealkylation sites (tertiary alicyclic amines) is 1. The lowest BCUT2D eigenvalue weighted by Gasteiger charge is -2.45. The first-order chi connectivity index (χ1) is 20.5. The van der Waals surface area contributed by atoms with Crippen molar-refractivity contribution in [1.82, 2.24) is 20.1 Å². The number of aromatic nitrogens is 1. The van der Waals surface area contributed by atoms with E-state index in [1.54, 1.807) is 7.11 Å². The number of aromatic amines is 1. The number of carbonyl (C=O) groups excluding carboxylic acids is 2. The third kappa shape index (κ3) is 7.13. The number of alkyl carbamates (subject to hydrolysis) is 1. The van der Waals surface area contributed by atoms with Crippen LogP contribution in [0.15, 0.2) is 48.5 Å². The van der Waals surface area contributed by atoms with Gasteiger partial charge in [0.05, 0.1) is 19.8 Å². The Bertz CT molecular complexity index is 1450. The van der Waals surface area contributed by atoms with E-state index in [9.17, 15) is 22.8 Å². The number of carboxylic acids is 1. The number of nitrogens with one attached hydrogen (secondary N) is 2. The standard InChI is InChI=1S/C27H32N4O5.C2HF3O2/c1-34-20-8-9-23-22(16-20)21-10-12-31(24(32)17-28-26(33)35-2)27(25(21)29-23)11-13-30(18-27)14-15-36-19-6-4-3-5-7-19;3-2(4,5)1(6)7/h3-9,16,29H,10-15,17-18H2,1-2H3,(H,28,33);(H,6,7). The van der Waals surface area contributed by atoms with Gasteiger partial charge in [-0.1, -0.05) is 18.2 Å². The molecule has 0 bridgehead atoms. The quantitative estimate of drug-likeness (QED) is 0.372. The number of aliphatic carboxylic acids is 1. The molecule has 14 heteroatoms. The molecule has 5 rings (SSSR count). The molecular weight excluding hydrogens is 573 g/mol. The van der Waals surface area contributed by atoms with Crippen molar-refractivity contribution in [3.05, 3.63) is 59.8 Å². The smallest absolute Gasteiger partial charge is 0.490 e. The summed E-state index contributed by atoms with van der Waals surface area (Å²) >= 11 is 0. The first kappa shape index (κ1) is 31.5. The number of rotatable bonds is 7. The van der Waals surface area contributed by atoms with E-state index in [1.807, 2.05) is 47.4 Å². The summed E-state index contributed by atoms with van der Waals surface area (Å²) in [5.74, 6) is -1.22. The molecule has 0 radical (unpaired) electrons. The fraction of sp³-hybridized carbons (Fsp3) is 0.414. The van der Waals surface area contributed by atoms with Gasteiger partial charge in [-0.3, -0.25) is 9.69 Å². The summed E-state index contributed by atoms with van der Waals surface area (Å²) in [6.07, 6.45) is -4.18. The molecule has 43 heavy (non-hydrogen) atoms. The maximum atomic E-state index is 13.4. The summed E-state index contributed by atoms with van der Waals surface area (Å²) in [7, 11) is 2.96. The second-order valence-electron chi connectivity index (χ2n) is 10.1. The van der Waals surface area contributed by atoms with E-state index in [2.05, 4.69) is 26.0 Å². The number of halogens is 3. The Kier molecular flexibility index (Phi) is 9.69. The van der Waals surface area contributed by atoms with E-state index in [-0.39, 0.29) is 12.5 Å². The third-order valence-corrected chi connectivity index (χ3v) is 7.54. The van der Waals surface area contributed by atoms with E-state index in [0.717, 1.165) is 54.0 Å². The summed E-state index contributed by atoms with van der Waals surface area (Å²) in [5.41, 5.74) is 2.83. The zero-order valence-electron chi connectivity index (χ0n) is 23.7. The predicted octanol–water partition coefficient (Wildman–Crippen LogP) is 3.53. The van der Waals surface area contributed by atoms with Crippen molar-refractivity contribution in [2.75, 3.05) is 53.6 Å². The predicted molar refractivity (Wildman–Crippen MR) is 149 cm³/mol. The number of carbonyl (C=O) groups is 3. The van der Waals surface area contributed by atoms with Gasteiger partial charge in [0.25, 0.3) is 0 Å². The number of benzene rings is 2. The van der Waals surface area contributed by atoms with E-state index in [4.69, 9.17) is 19.4 Å². The minimum absolute atomic E-state index is 0.102. The maximum Gasteiger partial charge on any atom is 0.490 e. The average Bonchev–Trinajstić information content (AvgIpc) is 3.58. The van der Waals surface area contributed by atoms with Gasteiger partial charge < -0.3 is 34.5 Å². The fourth-order valence-corrected chi connectivity index (χ4v) is 5.56. The summed E-state index contributed by atoms with van der Waals surface area (Å²) in [6.45, 7) is 3.32. The summed E-state index contributed by atoms with van der Waals surface area (Å²) in [5, 5.41) is 10.8. The number of H-pyrrole nitrogens is 1. The number of hydrogen-bond acceptors (Lipinski definition) is 7. The van der Waals surface area contributed by atoms with Crippen LogP contribution in [0.2, 0.25) is 0 Å². The molecule has 232 valence electrons. The highest BCUT2D eigenvalue weighted by molar-refractivity contribution is 5.89. The molecule has 3 aromatic rings. The molecule has 2 aliphatic rings. The van der Waals surface area contributed by atoms with Crippen LogP contribution in [0.25, 0.3) is 10.9 Å². The number of ether oxygens (including phenoxy) is 3. The second-order valence-corrected chi connectivity index (χ2v) is 10.1. The van der Waals surface area contributed by atoms with Gasteiger partial charge in [-0.15, -0.1) is 0 Å². The SMILES string of the molecule is COC(=O)NCC(=O)N1CCc2c([nH]c3ccc(OC)cc23)C12CCN(CCOc1ccccc1)C2.O=C(O)C(F)(F)F. The Labute approximate surface area is 245 Å². The zero-order valence-corrected chi connectivity index (χ0v) is 23.7. The van der Waals surface area contributed by atoms with Crippen molar-refractivity contribution in [3.63, 3.8) is 0 Å². The second kappa shape index (κ2) is 13.2. The van der Waals surface area contributed by atoms with Gasteiger partial charge >= 0.3 is 18.2 Å². The third-order valence-electron chi connectivity index (χ3n) is 7.54. The van der Waals surface area contributed by atoms with Crippen molar-refractivity contribution < 1.29 is 46.9 Å². The van der Waals surface area contributed by atoms with Crippen LogP contribution in [0.1, 0.15) is 17.7 Å². The van der Waals surface area contributed by atoms with Crippen LogP contribution in [-0.2, 0) is 26.3 Å². The largest absolute Gasteiger partial charge is 0.497 e. The number of hydrogen-bond donors (Lipinski definition) is 3. The van der Waals surface area contributed by atoms with E-state index in [0.29, 0.717) is 19.7 Å². The molecule has 11 nitrogen and oxygen atoms in total. The van der Waals surface area contributed by atoms with Gasteiger partial charge in [0.2, 0.25) is 5.91 Å². The molecule has 2 aliphatic heterocycles. The molecule has 0 saturated carbocycles. The number of methoxy groups -OCH3 is 2. The highest BCUT2D eigenvalue weighted by atomic mass is 19.4. The highest BCUT2D eigenvalue weighted by Gasteiger charge is 2.50. The van der Waals surface area contributed by atoms with Gasteiger partial charge in [0.1, 0.15) is 24.7 Å². The highest BCUT2D eigenvalue weighted by Crippen LogP contribution is 2.45. The minimum atomic E-state index is -5.08. The molecule has 3 N–H and O–H groups in total. The van der Waals surface area contributed by atoms with Crippen LogP contribution < -0.4 is 14.8 Å². The van der Waals surface area contributed by atoms with Crippen molar-refractivity contribution in [2.24, 2.45) is 0 Å². The average molecular weight is 607 g/mol. The summed E-state index contributed by atoms with van der Waals surface area (Å²) in [6, 6.07) is 15.8. The molecule has 1 aromatic heterocycles. The minimum Gasteiger partial charge on any atom is -0.497 e. The zero-order chi connectivity index (χ0) is 31.2. The van der Waals surface area contributed by atoms with Gasteiger partial charge in [-0.2, -0.15) is 13.2 Å². The lowest BCUT2D eigenvalue weighted by Crippen LogP contribution is -2.57. The van der Waals surface area contributed by atoms with E-state index >= 15 is 0 Å². The Morgan fingerprint density at radius 3 is 2.44 bits per heavy atom. The Balaban J connectivity index is 0.000000541. The van der Waals surface area contributed by atoms with Gasteiger partial charge in [-0.05, 0) is 48.7 Å². The number of fused-ring (bicyclic) bond motifs is 4. The normalized spacial score (nSPS) is 18.0. The first-order valence-electron chi connectivity index (χ1n) is 13.5. The van der Waals surface area contributed by atoms with Crippen molar-refractivity contribution in [2.45, 2.75) is 24.6 Å². The first-order valence-corrected chi connectivity index (χ1v) is 13.5. The number of para-hydroxylation sites is 1. The Hall–Kier alpha value is -4.46. The molecule has 1 fully saturated rings. The van der Waals surface area contributed by atoms with Crippen LogP contribution in [0.4, 0.5) is 18.0 Å². The number of nitrogens with zero attached hydrogens (tertiary/aromatic N) is 2. The molecule has 1 spiro atoms. The summed E-state index contributed by atoms with van der Waals surface area (Å²) in [4.78, 5) is 41.8. The van der Waals surface area contributed by atoms with Crippen molar-refractivity contribution in [3.8, 4) is 11.5 Å². The number of carboxylic acid groups (broad SMARTS) is 1. The molecule has 2 aromatic carbocycles. The maximum absolute atomic E-state index is 13.4. The Morgan fingerprint density at radius 2 is 1.79 bits per heavy atom. The summed E-state index contributed by atoms with van der Waals surface area (Å²) < 4.78 is 47.8. The fourth-order valence-electron chi connectivity index (χ4n) is 5.56. The molecule has 3 heterocycles. The molecule has 1 unspecified atom stereocenters. The van der Waals surface area contributed by atoms with Crippen molar-refractivity contribution >= 4 is 28.9 Å². The lowest BCUT2D eigenvalue weighted by atomic mass is 9.83. The molecular formula is C29H33F3N4O7. The van der Waals surface area contributed by atoms with Crippen LogP contribution >= 0.6 is 0 Å². The number of amides is 2. The van der Waals surface area contributed by atoms with Gasteiger partial charge in [-0.25, -0.2) is 9.59 Å². The van der Waals surface area contributed by atoms with Gasteiger partial charge in [0.15, 0.2) is 0 Å². The molecule has 1 atom stereocenters. The molecule has 1 saturated heterocycles. The Morgan fingerprint density at radius 1 is 1.07 bits per heavy atom. The molecule has 2 amide bonds. The molecule has 0 aliphatic carbocycles. The van der Waals surface area contributed by atoms with Gasteiger partial charge in [0, 0.05) is 42.8 Å².